The van der Waals surface area contributed by atoms with Gasteiger partial charge in [0.05, 0.1) is 0 Å². The molecule has 0 heterocycles. The van der Waals surface area contributed by atoms with E-state index in [0.717, 1.165) is 0 Å². The number of hydrogen-bond donors (Lipinski definition) is 0. The minimum atomic E-state index is -2.70. The van der Waals surface area contributed by atoms with Gasteiger partial charge in [-0.15, -0.1) is 0 Å². The Kier molecular flexibility index (Phi) is 8.67. The van der Waals surface area contributed by atoms with Gasteiger partial charge in [-0.05, 0) is 0 Å². The van der Waals surface area contributed by atoms with Crippen molar-refractivity contribution in [1.29, 1.82) is 0 Å². The predicted molar refractivity (Wildman–Crippen MR) is 33.3 cm³/mol. The summed E-state index contributed by atoms with van der Waals surface area (Å²) in [5, 5.41) is 0. The molecule has 0 fully saturated rings. The van der Waals surface area contributed by atoms with Crippen molar-refractivity contribution in [2.45, 2.75) is 13.3 Å². The van der Waals surface area contributed by atoms with E-state index in [1.807, 2.05) is 0 Å². The maximum atomic E-state index is 10.0. The van der Waals surface area contributed by atoms with Crippen molar-refractivity contribution in [3.05, 3.63) is 0 Å². The van der Waals surface area contributed by atoms with E-state index < -0.39 is 17.3 Å². The Labute approximate surface area is 74.6 Å². The van der Waals surface area contributed by atoms with E-state index in [0.29, 0.717) is 0 Å². The predicted octanol–water partition coefficient (Wildman–Crippen LogP) is -0.422. The van der Waals surface area contributed by atoms with Crippen LogP contribution in [-0.4, -0.2) is 37.8 Å². The van der Waals surface area contributed by atoms with Gasteiger partial charge in [-0.1, -0.05) is 6.92 Å². The summed E-state index contributed by atoms with van der Waals surface area (Å²) in [6, 6.07) is 0. The van der Waals surface area contributed by atoms with E-state index in [-0.39, 0.29) is 32.3 Å². The molecule has 9 heavy (non-hydrogen) atoms. The molecular formula is C3H7MgO4S-. The molecule has 0 radical (unpaired) electrons. The van der Waals surface area contributed by atoms with Gasteiger partial charge in [-0.25, -0.2) is 4.21 Å². The van der Waals surface area contributed by atoms with E-state index in [9.17, 15) is 13.6 Å². The molecule has 0 aromatic rings. The minimum absolute atomic E-state index is 0. The molecule has 0 N–H and O–H groups in total. The van der Waals surface area contributed by atoms with Crippen molar-refractivity contribution in [1.82, 2.24) is 0 Å². The summed E-state index contributed by atoms with van der Waals surface area (Å²) in [6.45, 7) is 1.51. The molecular weight excluding hydrogens is 156 g/mol. The number of carbonyl (C=O) groups is 1. The third-order valence-corrected chi connectivity index (χ3v) is 0.772. The molecule has 0 saturated heterocycles. The van der Waals surface area contributed by atoms with E-state index >= 15 is 0 Å². The monoisotopic (exact) mass is 163 g/mol. The Hall–Kier alpha value is 0.346. The van der Waals surface area contributed by atoms with Crippen molar-refractivity contribution in [2.24, 2.45) is 0 Å². The zero-order valence-electron chi connectivity index (χ0n) is 6.96. The quantitative estimate of drug-likeness (QED) is 0.410. The topological polar surface area (TPSA) is 66.4 Å². The summed E-state index contributed by atoms with van der Waals surface area (Å²) in [6.07, 6.45) is 0.0774. The average Bonchev–Trinajstić information content (AvgIpc) is 1.65. The SMILES string of the molecule is CCC(=O)OS(=O)[O-].[H-].[H-].[Mg+2]. The van der Waals surface area contributed by atoms with Crippen LogP contribution in [0.2, 0.25) is 0 Å². The fourth-order valence-corrected chi connectivity index (χ4v) is 0.404. The van der Waals surface area contributed by atoms with Crippen LogP contribution in [0.4, 0.5) is 0 Å². The minimum Gasteiger partial charge on any atom is -1.00 e. The summed E-state index contributed by atoms with van der Waals surface area (Å²) in [4.78, 5) is 10.0. The van der Waals surface area contributed by atoms with Crippen LogP contribution in [0.1, 0.15) is 16.2 Å². The van der Waals surface area contributed by atoms with E-state index in [1.165, 1.54) is 6.92 Å². The third-order valence-electron chi connectivity index (χ3n) is 0.450. The van der Waals surface area contributed by atoms with Crippen molar-refractivity contribution in [3.63, 3.8) is 0 Å². The van der Waals surface area contributed by atoms with Crippen molar-refractivity contribution >= 4 is 40.4 Å². The van der Waals surface area contributed by atoms with Crippen molar-refractivity contribution < 1.29 is 20.6 Å². The molecule has 0 rings (SSSR count). The number of rotatable bonds is 2. The summed E-state index contributed by atoms with van der Waals surface area (Å²) in [5.41, 5.74) is 0. The molecule has 0 aromatic carbocycles. The molecule has 6 heteroatoms. The third kappa shape index (κ3) is 8.35. The van der Waals surface area contributed by atoms with Crippen LogP contribution in [0.3, 0.4) is 0 Å². The second-order valence-electron chi connectivity index (χ2n) is 1.01. The average molecular weight is 163 g/mol. The molecule has 0 aliphatic carbocycles. The zero-order chi connectivity index (χ0) is 6.57. The van der Waals surface area contributed by atoms with Gasteiger partial charge in [-0.3, -0.25) is 4.79 Å². The van der Waals surface area contributed by atoms with E-state index in [4.69, 9.17) is 0 Å². The van der Waals surface area contributed by atoms with Crippen LogP contribution in [0, 0.1) is 0 Å². The summed E-state index contributed by atoms with van der Waals surface area (Å²) in [7, 11) is 0. The van der Waals surface area contributed by atoms with Gasteiger partial charge in [-0.2, -0.15) is 0 Å². The van der Waals surface area contributed by atoms with Crippen LogP contribution in [0.5, 0.6) is 0 Å². The van der Waals surface area contributed by atoms with Gasteiger partial charge >= 0.3 is 29.0 Å². The first-order valence-corrected chi connectivity index (χ1v) is 2.97. The van der Waals surface area contributed by atoms with Crippen LogP contribution >= 0.6 is 0 Å². The Balaban J connectivity index is -0.0000000817. The van der Waals surface area contributed by atoms with Crippen LogP contribution < -0.4 is 0 Å². The van der Waals surface area contributed by atoms with Gasteiger partial charge < -0.3 is 11.6 Å². The van der Waals surface area contributed by atoms with E-state index in [2.05, 4.69) is 4.18 Å². The molecule has 0 aliphatic rings. The largest absolute Gasteiger partial charge is 2.00 e. The molecule has 1 atom stereocenters. The molecule has 4 nitrogen and oxygen atoms in total. The van der Waals surface area contributed by atoms with Gasteiger partial charge in [0.2, 0.25) is 0 Å². The van der Waals surface area contributed by atoms with Crippen molar-refractivity contribution in [2.75, 3.05) is 0 Å². The molecule has 0 saturated carbocycles. The van der Waals surface area contributed by atoms with Crippen LogP contribution in [0.15, 0.2) is 0 Å². The Morgan fingerprint density at radius 2 is 2.33 bits per heavy atom. The second kappa shape index (κ2) is 6.47. The molecule has 0 aliphatic heterocycles. The normalized spacial score (nSPS) is 11.3. The van der Waals surface area contributed by atoms with Crippen LogP contribution in [0.25, 0.3) is 0 Å². The molecule has 52 valence electrons. The summed E-state index contributed by atoms with van der Waals surface area (Å²) in [5.74, 6) is -0.738. The first-order valence-electron chi connectivity index (χ1n) is 1.97. The van der Waals surface area contributed by atoms with Gasteiger partial charge in [0.15, 0.2) is 0 Å². The summed E-state index contributed by atoms with van der Waals surface area (Å²) >= 11 is -2.70. The van der Waals surface area contributed by atoms with Gasteiger partial charge in [0, 0.05) is 6.42 Å². The fourth-order valence-electron chi connectivity index (χ4n) is 0.135. The Morgan fingerprint density at radius 3 is 2.44 bits per heavy atom. The maximum absolute atomic E-state index is 10.0. The Morgan fingerprint density at radius 1 is 1.89 bits per heavy atom. The number of carbonyl (C=O) groups excluding carboxylic acids is 1. The van der Waals surface area contributed by atoms with Gasteiger partial charge in [0.1, 0.15) is 11.4 Å². The first-order chi connectivity index (χ1) is 3.66. The first kappa shape index (κ1) is 12.1. The standard InChI is InChI=1S/C3H6O4S.Mg.2H/c1-2-3(4)7-8(5)6;;;/h2H2,1H3,(H,5,6);;;/q;+2;2*-1/p-1. The van der Waals surface area contributed by atoms with Crippen LogP contribution in [-0.2, 0) is 20.3 Å². The molecule has 1 unspecified atom stereocenters. The smallest absolute Gasteiger partial charge is 1.00 e. The second-order valence-corrected chi connectivity index (χ2v) is 1.59. The molecule has 0 aromatic heterocycles. The fraction of sp³-hybridized carbons (Fsp3) is 0.667. The van der Waals surface area contributed by atoms with E-state index in [1.54, 1.807) is 0 Å². The zero-order valence-corrected chi connectivity index (χ0v) is 7.19. The maximum Gasteiger partial charge on any atom is 2.00 e. The molecule has 0 bridgehead atoms. The molecule has 0 spiro atoms. The van der Waals surface area contributed by atoms with Crippen molar-refractivity contribution in [3.8, 4) is 0 Å². The van der Waals surface area contributed by atoms with Gasteiger partial charge in [0.25, 0.3) is 0 Å². The summed E-state index contributed by atoms with van der Waals surface area (Å²) < 4.78 is 22.7. The Bertz CT molecular complexity index is 122. The number of hydrogen-bond acceptors (Lipinski definition) is 4. The molecule has 0 amide bonds.